The van der Waals surface area contributed by atoms with Crippen molar-refractivity contribution in [3.8, 4) is 0 Å². The van der Waals surface area contributed by atoms with Gasteiger partial charge in [0.25, 0.3) is 0 Å². The number of hydrogen-bond acceptors (Lipinski definition) is 4. The lowest BCUT2D eigenvalue weighted by Crippen LogP contribution is -2.45. The van der Waals surface area contributed by atoms with Gasteiger partial charge in [0, 0.05) is 13.1 Å². The molecule has 4 nitrogen and oxygen atoms in total. The molecule has 1 atom stereocenters. The zero-order valence-corrected chi connectivity index (χ0v) is 12.3. The molecular formula is C14H28N2O2. The monoisotopic (exact) mass is 256 g/mol. The molecule has 0 radical (unpaired) electrons. The van der Waals surface area contributed by atoms with E-state index in [9.17, 15) is 4.79 Å². The minimum Gasteiger partial charge on any atom is -0.465 e. The van der Waals surface area contributed by atoms with E-state index < -0.39 is 0 Å². The van der Waals surface area contributed by atoms with Crippen LogP contribution in [0.4, 0.5) is 0 Å². The van der Waals surface area contributed by atoms with Gasteiger partial charge in [-0.15, -0.1) is 0 Å². The van der Waals surface area contributed by atoms with Gasteiger partial charge in [-0.3, -0.25) is 4.79 Å². The number of esters is 1. The van der Waals surface area contributed by atoms with Crippen LogP contribution >= 0.6 is 0 Å². The first-order chi connectivity index (χ1) is 8.60. The Bertz CT molecular complexity index is 265. The first-order valence-electron chi connectivity index (χ1n) is 7.17. The average molecular weight is 256 g/mol. The molecular weight excluding hydrogens is 228 g/mol. The van der Waals surface area contributed by atoms with E-state index in [2.05, 4.69) is 24.1 Å². The van der Waals surface area contributed by atoms with Crippen LogP contribution in [-0.2, 0) is 9.53 Å². The van der Waals surface area contributed by atoms with Crippen LogP contribution in [0.1, 0.15) is 40.0 Å². The van der Waals surface area contributed by atoms with Gasteiger partial charge in [-0.25, -0.2) is 0 Å². The molecule has 0 amide bonds. The fraction of sp³-hybridized carbons (Fsp3) is 0.929. The summed E-state index contributed by atoms with van der Waals surface area (Å²) in [7, 11) is 1.82. The van der Waals surface area contributed by atoms with E-state index >= 15 is 0 Å². The number of rotatable bonds is 7. The summed E-state index contributed by atoms with van der Waals surface area (Å²) in [6, 6.07) is -0.200. The molecule has 0 spiro atoms. The molecule has 0 aromatic heterocycles. The van der Waals surface area contributed by atoms with Gasteiger partial charge in [0.1, 0.15) is 6.04 Å². The summed E-state index contributed by atoms with van der Waals surface area (Å²) in [6.45, 7) is 9.81. The highest BCUT2D eigenvalue weighted by Crippen LogP contribution is 2.36. The highest BCUT2D eigenvalue weighted by molar-refractivity contribution is 5.76. The Kier molecular flexibility index (Phi) is 6.09. The fourth-order valence-corrected chi connectivity index (χ4v) is 2.80. The highest BCUT2D eigenvalue weighted by atomic mass is 16.5. The lowest BCUT2D eigenvalue weighted by atomic mass is 9.82. The third-order valence-corrected chi connectivity index (χ3v) is 4.38. The number of likely N-dealkylation sites (N-methyl/N-ethyl adjacent to an activating group) is 1. The number of nitrogens with one attached hydrogen (secondary N) is 1. The van der Waals surface area contributed by atoms with Crippen molar-refractivity contribution in [3.05, 3.63) is 0 Å². The van der Waals surface area contributed by atoms with Crippen LogP contribution in [0.3, 0.4) is 0 Å². The Balaban J connectivity index is 2.50. The number of likely N-dealkylation sites (tertiary alicyclic amines) is 1. The second-order valence-electron chi connectivity index (χ2n) is 5.29. The third-order valence-electron chi connectivity index (χ3n) is 4.38. The largest absolute Gasteiger partial charge is 0.465 e. The van der Waals surface area contributed by atoms with Crippen LogP contribution in [0.25, 0.3) is 0 Å². The summed E-state index contributed by atoms with van der Waals surface area (Å²) in [5.41, 5.74) is 0.465. The SMILES string of the molecule is CCOC(=O)C(CN1CCC(CC)(CC)C1)NC. The van der Waals surface area contributed by atoms with E-state index in [1.807, 2.05) is 14.0 Å². The van der Waals surface area contributed by atoms with Crippen LogP contribution in [-0.4, -0.2) is 50.2 Å². The average Bonchev–Trinajstić information content (AvgIpc) is 2.80. The molecule has 1 heterocycles. The zero-order chi connectivity index (χ0) is 13.6. The first kappa shape index (κ1) is 15.4. The Labute approximate surface area is 111 Å². The van der Waals surface area contributed by atoms with Gasteiger partial charge in [0.2, 0.25) is 0 Å². The Hall–Kier alpha value is -0.610. The molecule has 1 N–H and O–H groups in total. The van der Waals surface area contributed by atoms with Gasteiger partial charge in [0.05, 0.1) is 6.61 Å². The Morgan fingerprint density at radius 2 is 2.06 bits per heavy atom. The molecule has 18 heavy (non-hydrogen) atoms. The second kappa shape index (κ2) is 7.10. The molecule has 0 aromatic rings. The van der Waals surface area contributed by atoms with E-state index in [1.54, 1.807) is 0 Å². The van der Waals surface area contributed by atoms with E-state index in [1.165, 1.54) is 19.3 Å². The van der Waals surface area contributed by atoms with E-state index in [0.29, 0.717) is 12.0 Å². The van der Waals surface area contributed by atoms with E-state index in [-0.39, 0.29) is 12.0 Å². The van der Waals surface area contributed by atoms with Gasteiger partial charge < -0.3 is 15.0 Å². The van der Waals surface area contributed by atoms with Crippen molar-refractivity contribution in [1.29, 1.82) is 0 Å². The van der Waals surface area contributed by atoms with Crippen LogP contribution in [0, 0.1) is 5.41 Å². The van der Waals surface area contributed by atoms with Gasteiger partial charge >= 0.3 is 5.97 Å². The molecule has 1 rings (SSSR count). The summed E-state index contributed by atoms with van der Waals surface area (Å²) in [6.07, 6.45) is 3.70. The quantitative estimate of drug-likeness (QED) is 0.703. The second-order valence-corrected chi connectivity index (χ2v) is 5.29. The molecule has 1 aliphatic heterocycles. The first-order valence-corrected chi connectivity index (χ1v) is 7.17. The Morgan fingerprint density at radius 3 is 2.50 bits per heavy atom. The Morgan fingerprint density at radius 1 is 1.39 bits per heavy atom. The van der Waals surface area contributed by atoms with Crippen LogP contribution in [0.2, 0.25) is 0 Å². The van der Waals surface area contributed by atoms with Gasteiger partial charge in [0.15, 0.2) is 0 Å². The number of ether oxygens (including phenoxy) is 1. The topological polar surface area (TPSA) is 41.6 Å². The van der Waals surface area contributed by atoms with Crippen molar-refractivity contribution in [1.82, 2.24) is 10.2 Å². The smallest absolute Gasteiger partial charge is 0.324 e. The summed E-state index contributed by atoms with van der Waals surface area (Å²) in [4.78, 5) is 14.1. The van der Waals surface area contributed by atoms with Gasteiger partial charge in [-0.05, 0) is 45.2 Å². The molecule has 0 aliphatic carbocycles. The number of hydrogen-bond donors (Lipinski definition) is 1. The van der Waals surface area contributed by atoms with Crippen molar-refractivity contribution >= 4 is 5.97 Å². The van der Waals surface area contributed by atoms with E-state index in [4.69, 9.17) is 4.74 Å². The molecule has 0 aromatic carbocycles. The molecule has 0 saturated carbocycles. The fourth-order valence-electron chi connectivity index (χ4n) is 2.80. The van der Waals surface area contributed by atoms with Crippen molar-refractivity contribution in [2.24, 2.45) is 5.41 Å². The van der Waals surface area contributed by atoms with Crippen molar-refractivity contribution in [2.45, 2.75) is 46.1 Å². The van der Waals surface area contributed by atoms with Crippen molar-refractivity contribution in [3.63, 3.8) is 0 Å². The molecule has 1 fully saturated rings. The maximum atomic E-state index is 11.8. The molecule has 1 unspecified atom stereocenters. The minimum absolute atomic E-state index is 0.134. The molecule has 4 heteroatoms. The lowest BCUT2D eigenvalue weighted by Gasteiger charge is -2.27. The van der Waals surface area contributed by atoms with Crippen LogP contribution in [0.5, 0.6) is 0 Å². The predicted molar refractivity (Wildman–Crippen MR) is 73.6 cm³/mol. The normalized spacial score (nSPS) is 20.9. The third kappa shape index (κ3) is 3.69. The number of nitrogens with zero attached hydrogens (tertiary/aromatic N) is 1. The van der Waals surface area contributed by atoms with Crippen LogP contribution < -0.4 is 5.32 Å². The summed E-state index contributed by atoms with van der Waals surface area (Å²) < 4.78 is 5.08. The van der Waals surface area contributed by atoms with Crippen molar-refractivity contribution in [2.75, 3.05) is 33.3 Å². The predicted octanol–water partition coefficient (Wildman–Crippen LogP) is 1.65. The molecule has 0 bridgehead atoms. The van der Waals surface area contributed by atoms with Crippen molar-refractivity contribution < 1.29 is 9.53 Å². The van der Waals surface area contributed by atoms with Gasteiger partial charge in [-0.2, -0.15) is 0 Å². The van der Waals surface area contributed by atoms with Gasteiger partial charge in [-0.1, -0.05) is 13.8 Å². The maximum Gasteiger partial charge on any atom is 0.324 e. The molecule has 1 saturated heterocycles. The number of carbonyl (C=O) groups is 1. The standard InChI is InChI=1S/C14H28N2O2/c1-5-14(6-2)8-9-16(11-14)10-12(15-4)13(17)18-7-3/h12,15H,5-11H2,1-4H3. The maximum absolute atomic E-state index is 11.8. The van der Waals surface area contributed by atoms with E-state index in [0.717, 1.165) is 19.6 Å². The summed E-state index contributed by atoms with van der Waals surface area (Å²) in [5, 5.41) is 3.06. The summed E-state index contributed by atoms with van der Waals surface area (Å²) >= 11 is 0. The molecule has 106 valence electrons. The molecule has 1 aliphatic rings. The summed E-state index contributed by atoms with van der Waals surface area (Å²) in [5.74, 6) is -0.134. The lowest BCUT2D eigenvalue weighted by molar-refractivity contribution is -0.146. The zero-order valence-electron chi connectivity index (χ0n) is 12.3. The minimum atomic E-state index is -0.200. The van der Waals surface area contributed by atoms with Crippen LogP contribution in [0.15, 0.2) is 0 Å². The highest BCUT2D eigenvalue weighted by Gasteiger charge is 2.36. The number of carbonyl (C=O) groups excluding carboxylic acids is 1.